The van der Waals surface area contributed by atoms with Crippen LogP contribution in [0.25, 0.3) is 11.2 Å². The Morgan fingerprint density at radius 1 is 1.36 bits per heavy atom. The summed E-state index contributed by atoms with van der Waals surface area (Å²) in [7, 11) is 0. The maximum atomic E-state index is 5.53. The molecule has 3 rings (SSSR count). The molecular formula is C9H10N5. The second kappa shape index (κ2) is 2.67. The molecule has 0 atom stereocenters. The maximum Gasteiger partial charge on any atom is 0.222 e. The Morgan fingerprint density at radius 2 is 2.21 bits per heavy atom. The molecule has 0 aromatic carbocycles. The van der Waals surface area contributed by atoms with E-state index in [9.17, 15) is 0 Å². The molecule has 1 aliphatic rings. The van der Waals surface area contributed by atoms with E-state index >= 15 is 0 Å². The van der Waals surface area contributed by atoms with Crippen molar-refractivity contribution in [1.29, 1.82) is 0 Å². The molecule has 2 heterocycles. The van der Waals surface area contributed by atoms with Gasteiger partial charge in [-0.05, 0) is 18.8 Å². The molecule has 5 nitrogen and oxygen atoms in total. The quantitative estimate of drug-likeness (QED) is 0.756. The van der Waals surface area contributed by atoms with Crippen molar-refractivity contribution in [3.05, 3.63) is 18.4 Å². The van der Waals surface area contributed by atoms with E-state index in [0.717, 1.165) is 17.7 Å². The molecule has 71 valence electrons. The smallest absolute Gasteiger partial charge is 0.222 e. The van der Waals surface area contributed by atoms with Gasteiger partial charge < -0.3 is 10.3 Å². The summed E-state index contributed by atoms with van der Waals surface area (Å²) in [4.78, 5) is 12.3. The largest absolute Gasteiger partial charge is 0.368 e. The van der Waals surface area contributed by atoms with Gasteiger partial charge in [0.2, 0.25) is 5.95 Å². The number of rotatable bonds is 2. The summed E-state index contributed by atoms with van der Waals surface area (Å²) in [6, 6.07) is 0. The second-order valence-electron chi connectivity index (χ2n) is 3.56. The van der Waals surface area contributed by atoms with Crippen molar-refractivity contribution in [2.24, 2.45) is 0 Å². The fourth-order valence-electron chi connectivity index (χ4n) is 1.47. The van der Waals surface area contributed by atoms with Crippen molar-refractivity contribution in [2.45, 2.75) is 19.4 Å². The highest BCUT2D eigenvalue weighted by Crippen LogP contribution is 2.33. The lowest BCUT2D eigenvalue weighted by Crippen LogP contribution is -2.00. The van der Waals surface area contributed by atoms with E-state index in [1.54, 1.807) is 18.4 Å². The van der Waals surface area contributed by atoms with Gasteiger partial charge in [0, 0.05) is 6.54 Å². The number of anilines is 1. The average molecular weight is 188 g/mol. The van der Waals surface area contributed by atoms with Gasteiger partial charge in [-0.2, -0.15) is 4.98 Å². The van der Waals surface area contributed by atoms with Crippen LogP contribution in [0, 0.1) is 5.92 Å². The molecule has 1 radical (unpaired) electrons. The number of imidazole rings is 1. The Bertz CT molecular complexity index is 471. The normalized spacial score (nSPS) is 16.3. The Labute approximate surface area is 81.0 Å². The zero-order valence-corrected chi connectivity index (χ0v) is 7.64. The predicted molar refractivity (Wildman–Crippen MR) is 52.2 cm³/mol. The molecule has 2 N–H and O–H groups in total. The average Bonchev–Trinajstić information content (AvgIpc) is 2.90. The molecule has 14 heavy (non-hydrogen) atoms. The van der Waals surface area contributed by atoms with Crippen molar-refractivity contribution in [3.8, 4) is 0 Å². The summed E-state index contributed by atoms with van der Waals surface area (Å²) < 4.78 is 2.02. The van der Waals surface area contributed by atoms with Crippen molar-refractivity contribution >= 4 is 17.1 Å². The van der Waals surface area contributed by atoms with E-state index in [0.29, 0.717) is 5.95 Å². The van der Waals surface area contributed by atoms with E-state index in [-0.39, 0.29) is 0 Å². The van der Waals surface area contributed by atoms with Gasteiger partial charge in [-0.3, -0.25) is 0 Å². The molecule has 0 spiro atoms. The van der Waals surface area contributed by atoms with Crippen LogP contribution >= 0.6 is 0 Å². The van der Waals surface area contributed by atoms with Crippen LogP contribution in [0.5, 0.6) is 0 Å². The minimum Gasteiger partial charge on any atom is -0.368 e. The van der Waals surface area contributed by atoms with Crippen LogP contribution in [0.1, 0.15) is 12.8 Å². The molecular weight excluding hydrogens is 178 g/mol. The van der Waals surface area contributed by atoms with Gasteiger partial charge in [-0.1, -0.05) is 0 Å². The van der Waals surface area contributed by atoms with E-state index in [2.05, 4.69) is 15.0 Å². The number of hydrogen-bond acceptors (Lipinski definition) is 4. The molecule has 0 aliphatic heterocycles. The minimum absolute atomic E-state index is 0.306. The van der Waals surface area contributed by atoms with Crippen LogP contribution in [0.3, 0.4) is 0 Å². The Kier molecular flexibility index (Phi) is 1.47. The van der Waals surface area contributed by atoms with Gasteiger partial charge in [-0.15, -0.1) is 0 Å². The predicted octanol–water partition coefficient (Wildman–Crippen LogP) is 0.777. The lowest BCUT2D eigenvalue weighted by atomic mass is 10.4. The Hall–Kier alpha value is -1.65. The molecule has 0 unspecified atom stereocenters. The number of nitrogens with two attached hydrogens (primary N) is 1. The summed E-state index contributed by atoms with van der Waals surface area (Å²) in [6.45, 7) is 0.924. The van der Waals surface area contributed by atoms with Crippen LogP contribution in [-0.4, -0.2) is 19.5 Å². The van der Waals surface area contributed by atoms with Gasteiger partial charge in [0.15, 0.2) is 5.65 Å². The van der Waals surface area contributed by atoms with E-state index < -0.39 is 0 Å². The number of nitrogen functional groups attached to an aromatic ring is 1. The third-order valence-electron chi connectivity index (χ3n) is 2.37. The zero-order valence-electron chi connectivity index (χ0n) is 7.64. The summed E-state index contributed by atoms with van der Waals surface area (Å²) in [5.41, 5.74) is 7.16. The SMILES string of the molecule is Nc1ncc2ncn(C[C]3CC3)c2n1. The first-order valence-electron chi connectivity index (χ1n) is 4.60. The first kappa shape index (κ1) is 7.73. The monoisotopic (exact) mass is 188 g/mol. The standard InChI is InChI=1S/C9H10N5/c10-9-11-3-7-8(13-9)14(5-12-7)4-6-1-2-6/h3,5H,1-2,4H2,(H2,10,11,13). The zero-order chi connectivity index (χ0) is 9.54. The van der Waals surface area contributed by atoms with Gasteiger partial charge in [0.25, 0.3) is 0 Å². The summed E-state index contributed by atoms with van der Waals surface area (Å²) in [5, 5.41) is 0. The van der Waals surface area contributed by atoms with Crippen molar-refractivity contribution in [3.63, 3.8) is 0 Å². The Balaban J connectivity index is 2.08. The highest BCUT2D eigenvalue weighted by Gasteiger charge is 2.23. The third-order valence-corrected chi connectivity index (χ3v) is 2.37. The van der Waals surface area contributed by atoms with Crippen LogP contribution in [-0.2, 0) is 6.54 Å². The molecule has 1 fully saturated rings. The number of aromatic nitrogens is 4. The summed E-state index contributed by atoms with van der Waals surface area (Å²) in [6.07, 6.45) is 5.93. The van der Waals surface area contributed by atoms with Crippen LogP contribution in [0.4, 0.5) is 5.95 Å². The fraction of sp³-hybridized carbons (Fsp3) is 0.333. The molecule has 2 aromatic heterocycles. The van der Waals surface area contributed by atoms with Gasteiger partial charge in [0.1, 0.15) is 5.52 Å². The summed E-state index contributed by atoms with van der Waals surface area (Å²) in [5.74, 6) is 1.85. The van der Waals surface area contributed by atoms with Gasteiger partial charge in [-0.25, -0.2) is 9.97 Å². The lowest BCUT2D eigenvalue weighted by Gasteiger charge is -2.00. The highest BCUT2D eigenvalue weighted by atomic mass is 15.1. The van der Waals surface area contributed by atoms with Crippen molar-refractivity contribution in [1.82, 2.24) is 19.5 Å². The minimum atomic E-state index is 0.306. The molecule has 0 saturated heterocycles. The maximum absolute atomic E-state index is 5.53. The molecule has 5 heteroatoms. The molecule has 2 aromatic rings. The highest BCUT2D eigenvalue weighted by molar-refractivity contribution is 5.70. The lowest BCUT2D eigenvalue weighted by molar-refractivity contribution is 0.778. The number of hydrogen-bond donors (Lipinski definition) is 1. The van der Waals surface area contributed by atoms with Crippen molar-refractivity contribution in [2.75, 3.05) is 5.73 Å². The van der Waals surface area contributed by atoms with Gasteiger partial charge in [0.05, 0.1) is 12.5 Å². The number of nitrogens with zero attached hydrogens (tertiary/aromatic N) is 4. The first-order valence-corrected chi connectivity index (χ1v) is 4.60. The molecule has 1 saturated carbocycles. The van der Waals surface area contributed by atoms with E-state index in [4.69, 9.17) is 5.73 Å². The Morgan fingerprint density at radius 3 is 3.00 bits per heavy atom. The molecule has 1 aliphatic carbocycles. The van der Waals surface area contributed by atoms with Crippen LogP contribution in [0.2, 0.25) is 0 Å². The first-order chi connectivity index (χ1) is 6.83. The van der Waals surface area contributed by atoms with E-state index in [1.165, 1.54) is 12.8 Å². The van der Waals surface area contributed by atoms with E-state index in [1.807, 2.05) is 4.57 Å². The second-order valence-corrected chi connectivity index (χ2v) is 3.56. The topological polar surface area (TPSA) is 69.6 Å². The van der Waals surface area contributed by atoms with Gasteiger partial charge >= 0.3 is 0 Å². The van der Waals surface area contributed by atoms with Crippen molar-refractivity contribution < 1.29 is 0 Å². The van der Waals surface area contributed by atoms with Crippen LogP contribution in [0.15, 0.2) is 12.5 Å². The number of fused-ring (bicyclic) bond motifs is 1. The van der Waals surface area contributed by atoms with Crippen LogP contribution < -0.4 is 5.73 Å². The fourth-order valence-corrected chi connectivity index (χ4v) is 1.47. The third kappa shape index (κ3) is 1.21. The molecule has 0 amide bonds. The summed E-state index contributed by atoms with van der Waals surface area (Å²) >= 11 is 0. The molecule has 0 bridgehead atoms.